The quantitative estimate of drug-likeness (QED) is 0.425. The monoisotopic (exact) mass is 352 g/mol. The van der Waals surface area contributed by atoms with Crippen molar-refractivity contribution in [3.8, 4) is 0 Å². The average Bonchev–Trinajstić information content (AvgIpc) is 2.73. The highest BCUT2D eigenvalue weighted by atomic mass is 14.8. The van der Waals surface area contributed by atoms with E-state index in [1.807, 2.05) is 66.7 Å². The molecule has 0 spiro atoms. The molecule has 0 saturated carbocycles. The minimum atomic E-state index is 0.639. The van der Waals surface area contributed by atoms with E-state index >= 15 is 0 Å². The molecular weight excluding hydrogens is 328 g/mol. The molecule has 0 fully saturated rings. The molecule has 0 aromatic heterocycles. The average molecular weight is 352 g/mol. The van der Waals surface area contributed by atoms with Gasteiger partial charge in [-0.2, -0.15) is 0 Å². The molecule has 0 atom stereocenters. The Bertz CT molecular complexity index is 950. The third kappa shape index (κ3) is 4.62. The lowest BCUT2D eigenvalue weighted by molar-refractivity contribution is 1.28. The number of rotatable bonds is 6. The number of benzene rings is 3. The molecule has 3 aromatic carbocycles. The molecule has 0 unspecified atom stereocenters. The smallest absolute Gasteiger partial charge is 0.0765 e. The maximum atomic E-state index is 6.59. The maximum Gasteiger partial charge on any atom is 0.0765 e. The number of nitrogens with zero attached hydrogens (tertiary/aromatic N) is 1. The zero-order valence-corrected chi connectivity index (χ0v) is 15.6. The van der Waals surface area contributed by atoms with Gasteiger partial charge in [-0.05, 0) is 31.0 Å². The third-order valence-corrected chi connectivity index (χ3v) is 4.37. The van der Waals surface area contributed by atoms with Crippen LogP contribution in [0.4, 0.5) is 5.69 Å². The van der Waals surface area contributed by atoms with Crippen molar-refractivity contribution in [3.05, 3.63) is 120 Å². The number of aryl methyl sites for hydroxylation is 1. The van der Waals surface area contributed by atoms with Gasteiger partial charge in [0.05, 0.1) is 11.4 Å². The Hall–Kier alpha value is -3.39. The number of hydrogen-bond donors (Lipinski definition) is 1. The summed E-state index contributed by atoms with van der Waals surface area (Å²) in [5.41, 5.74) is 13.3. The second kappa shape index (κ2) is 8.81. The SMILES string of the molecule is C=CC/C(C(=Nc1ccc(C)cc1)c1ccccc1)=C(\N)c1ccccc1. The summed E-state index contributed by atoms with van der Waals surface area (Å²) in [4.78, 5) is 4.97. The molecule has 0 bridgehead atoms. The summed E-state index contributed by atoms with van der Waals surface area (Å²) in [5.74, 6) is 0. The Morgan fingerprint density at radius 1 is 0.852 bits per heavy atom. The van der Waals surface area contributed by atoms with E-state index in [2.05, 4.69) is 37.8 Å². The minimum absolute atomic E-state index is 0.639. The van der Waals surface area contributed by atoms with E-state index in [9.17, 15) is 0 Å². The highest BCUT2D eigenvalue weighted by molar-refractivity contribution is 6.17. The standard InChI is InChI=1S/C25H24N2/c1-3-10-23(24(26)20-11-6-4-7-12-20)25(21-13-8-5-9-14-21)27-22-17-15-19(2)16-18-22/h3-9,11-18H,1,10,26H2,2H3/b24-23+,27-25?. The van der Waals surface area contributed by atoms with Gasteiger partial charge >= 0.3 is 0 Å². The van der Waals surface area contributed by atoms with Crippen molar-refractivity contribution in [2.75, 3.05) is 0 Å². The van der Waals surface area contributed by atoms with Crippen molar-refractivity contribution >= 4 is 17.1 Å². The fourth-order valence-corrected chi connectivity index (χ4v) is 2.92. The van der Waals surface area contributed by atoms with Gasteiger partial charge in [0.15, 0.2) is 0 Å². The van der Waals surface area contributed by atoms with Gasteiger partial charge in [-0.3, -0.25) is 0 Å². The molecule has 27 heavy (non-hydrogen) atoms. The molecule has 2 nitrogen and oxygen atoms in total. The van der Waals surface area contributed by atoms with Crippen LogP contribution in [0.1, 0.15) is 23.1 Å². The summed E-state index contributed by atoms with van der Waals surface area (Å²) >= 11 is 0. The van der Waals surface area contributed by atoms with Crippen molar-refractivity contribution in [1.82, 2.24) is 0 Å². The predicted octanol–water partition coefficient (Wildman–Crippen LogP) is 6.06. The molecule has 0 saturated heterocycles. The minimum Gasteiger partial charge on any atom is -0.398 e. The molecule has 0 aliphatic heterocycles. The molecule has 0 radical (unpaired) electrons. The topological polar surface area (TPSA) is 38.4 Å². The summed E-state index contributed by atoms with van der Waals surface area (Å²) in [7, 11) is 0. The molecule has 3 aromatic rings. The van der Waals surface area contributed by atoms with Crippen LogP contribution in [0, 0.1) is 6.92 Å². The van der Waals surface area contributed by atoms with Crippen LogP contribution in [0.2, 0.25) is 0 Å². The summed E-state index contributed by atoms with van der Waals surface area (Å²) in [6, 6.07) is 28.4. The second-order valence-corrected chi connectivity index (χ2v) is 6.41. The first-order chi connectivity index (χ1) is 13.2. The van der Waals surface area contributed by atoms with Crippen molar-refractivity contribution in [2.24, 2.45) is 10.7 Å². The van der Waals surface area contributed by atoms with E-state index in [1.54, 1.807) is 0 Å². The van der Waals surface area contributed by atoms with Gasteiger partial charge in [-0.15, -0.1) is 6.58 Å². The predicted molar refractivity (Wildman–Crippen MR) is 116 cm³/mol. The van der Waals surface area contributed by atoms with Crippen molar-refractivity contribution in [2.45, 2.75) is 13.3 Å². The summed E-state index contributed by atoms with van der Waals surface area (Å²) in [6.07, 6.45) is 2.51. The molecule has 2 N–H and O–H groups in total. The first kappa shape index (κ1) is 18.4. The lowest BCUT2D eigenvalue weighted by Crippen LogP contribution is -2.12. The number of allylic oxidation sites excluding steroid dienone is 2. The molecule has 3 rings (SSSR count). The van der Waals surface area contributed by atoms with Crippen molar-refractivity contribution in [1.29, 1.82) is 0 Å². The highest BCUT2D eigenvalue weighted by Gasteiger charge is 2.14. The van der Waals surface area contributed by atoms with Crippen LogP contribution in [0.3, 0.4) is 0 Å². The molecule has 0 heterocycles. The number of nitrogens with two attached hydrogens (primary N) is 1. The highest BCUT2D eigenvalue weighted by Crippen LogP contribution is 2.25. The van der Waals surface area contributed by atoms with Crippen LogP contribution >= 0.6 is 0 Å². The fraction of sp³-hybridized carbons (Fsp3) is 0.0800. The van der Waals surface area contributed by atoms with Crippen LogP contribution < -0.4 is 5.73 Å². The maximum absolute atomic E-state index is 6.59. The Morgan fingerprint density at radius 2 is 1.41 bits per heavy atom. The van der Waals surface area contributed by atoms with E-state index in [0.717, 1.165) is 33.8 Å². The largest absolute Gasteiger partial charge is 0.398 e. The summed E-state index contributed by atoms with van der Waals surface area (Å²) in [6.45, 7) is 6.00. The van der Waals surface area contributed by atoms with E-state index in [4.69, 9.17) is 10.7 Å². The lowest BCUT2D eigenvalue weighted by Gasteiger charge is -2.15. The molecule has 0 aliphatic rings. The van der Waals surface area contributed by atoms with Gasteiger partial charge < -0.3 is 5.73 Å². The number of hydrogen-bond acceptors (Lipinski definition) is 2. The second-order valence-electron chi connectivity index (χ2n) is 6.41. The Morgan fingerprint density at radius 3 is 1.96 bits per heavy atom. The normalized spacial score (nSPS) is 12.4. The van der Waals surface area contributed by atoms with Gasteiger partial charge in [-0.1, -0.05) is 84.4 Å². The van der Waals surface area contributed by atoms with Crippen LogP contribution in [-0.4, -0.2) is 5.71 Å². The van der Waals surface area contributed by atoms with Crippen LogP contribution in [0.5, 0.6) is 0 Å². The molecule has 0 aliphatic carbocycles. The van der Waals surface area contributed by atoms with Gasteiger partial charge in [0.25, 0.3) is 0 Å². The fourth-order valence-electron chi connectivity index (χ4n) is 2.92. The lowest BCUT2D eigenvalue weighted by atomic mass is 9.95. The van der Waals surface area contributed by atoms with E-state index < -0.39 is 0 Å². The Labute approximate surface area is 161 Å². The van der Waals surface area contributed by atoms with E-state index in [-0.39, 0.29) is 0 Å². The van der Waals surface area contributed by atoms with Crippen LogP contribution in [0.15, 0.2) is 108 Å². The molecule has 2 heteroatoms. The van der Waals surface area contributed by atoms with Crippen LogP contribution in [0.25, 0.3) is 5.70 Å². The molecular formula is C25H24N2. The Kier molecular flexibility index (Phi) is 6.01. The van der Waals surface area contributed by atoms with Gasteiger partial charge in [-0.25, -0.2) is 4.99 Å². The summed E-state index contributed by atoms with van der Waals surface area (Å²) in [5, 5.41) is 0. The first-order valence-electron chi connectivity index (χ1n) is 9.05. The van der Waals surface area contributed by atoms with Crippen LogP contribution in [-0.2, 0) is 0 Å². The zero-order chi connectivity index (χ0) is 19.1. The zero-order valence-electron chi connectivity index (χ0n) is 15.6. The van der Waals surface area contributed by atoms with Gasteiger partial charge in [0, 0.05) is 16.8 Å². The third-order valence-electron chi connectivity index (χ3n) is 4.37. The molecule has 0 amide bonds. The summed E-state index contributed by atoms with van der Waals surface area (Å²) < 4.78 is 0. The first-order valence-corrected chi connectivity index (χ1v) is 9.05. The van der Waals surface area contributed by atoms with Gasteiger partial charge in [0.1, 0.15) is 0 Å². The van der Waals surface area contributed by atoms with E-state index in [1.165, 1.54) is 5.56 Å². The van der Waals surface area contributed by atoms with Gasteiger partial charge in [0.2, 0.25) is 0 Å². The molecule has 134 valence electrons. The van der Waals surface area contributed by atoms with Crippen molar-refractivity contribution < 1.29 is 0 Å². The Balaban J connectivity index is 2.20. The van der Waals surface area contributed by atoms with Crippen molar-refractivity contribution in [3.63, 3.8) is 0 Å². The van der Waals surface area contributed by atoms with E-state index in [0.29, 0.717) is 6.42 Å². The number of aliphatic imine (C=N–C) groups is 1.